The van der Waals surface area contributed by atoms with Gasteiger partial charge < -0.3 is 19.9 Å². The van der Waals surface area contributed by atoms with Crippen molar-refractivity contribution >= 4 is 5.69 Å². The van der Waals surface area contributed by atoms with E-state index < -0.39 is 11.6 Å². The molecule has 6 heteroatoms. The van der Waals surface area contributed by atoms with Gasteiger partial charge in [0.05, 0.1) is 14.2 Å². The number of halogens is 2. The van der Waals surface area contributed by atoms with Crippen LogP contribution < -0.4 is 19.9 Å². The molecule has 0 spiro atoms. The van der Waals surface area contributed by atoms with Crippen LogP contribution in [0.25, 0.3) is 0 Å². The minimum atomic E-state index is -0.880. The molecule has 0 saturated heterocycles. The first kappa shape index (κ1) is 13.9. The molecule has 0 aliphatic rings. The van der Waals surface area contributed by atoms with E-state index in [1.54, 1.807) is 18.2 Å². The molecule has 2 aromatic rings. The lowest BCUT2D eigenvalue weighted by Gasteiger charge is -2.12. The molecule has 4 nitrogen and oxygen atoms in total. The molecular formula is C14H13F2NO3. The molecule has 2 rings (SSSR count). The second kappa shape index (κ2) is 5.64. The highest BCUT2D eigenvalue weighted by molar-refractivity contribution is 5.56. The zero-order valence-corrected chi connectivity index (χ0v) is 10.9. The van der Waals surface area contributed by atoms with Crippen molar-refractivity contribution in [2.24, 2.45) is 0 Å². The average Bonchev–Trinajstić information content (AvgIpc) is 2.43. The van der Waals surface area contributed by atoms with Gasteiger partial charge in [-0.25, -0.2) is 8.78 Å². The lowest BCUT2D eigenvalue weighted by atomic mass is 10.2. The van der Waals surface area contributed by atoms with Crippen LogP contribution in [-0.2, 0) is 0 Å². The third-order valence-electron chi connectivity index (χ3n) is 2.61. The van der Waals surface area contributed by atoms with Gasteiger partial charge in [0, 0.05) is 30.3 Å². The van der Waals surface area contributed by atoms with Crippen molar-refractivity contribution < 1.29 is 23.0 Å². The summed E-state index contributed by atoms with van der Waals surface area (Å²) in [4.78, 5) is 0. The Kier molecular flexibility index (Phi) is 3.93. The zero-order chi connectivity index (χ0) is 14.7. The van der Waals surface area contributed by atoms with E-state index in [4.69, 9.17) is 19.9 Å². The van der Waals surface area contributed by atoms with E-state index >= 15 is 0 Å². The number of nitrogens with two attached hydrogens (primary N) is 1. The molecule has 20 heavy (non-hydrogen) atoms. The molecule has 2 aromatic carbocycles. The van der Waals surface area contributed by atoms with Crippen LogP contribution in [-0.4, -0.2) is 14.2 Å². The summed E-state index contributed by atoms with van der Waals surface area (Å²) in [5, 5.41) is 0. The van der Waals surface area contributed by atoms with Crippen LogP contribution in [0, 0.1) is 11.6 Å². The van der Waals surface area contributed by atoms with Gasteiger partial charge in [-0.3, -0.25) is 0 Å². The van der Waals surface area contributed by atoms with Gasteiger partial charge in [-0.1, -0.05) is 0 Å². The second-order valence-electron chi connectivity index (χ2n) is 3.95. The molecule has 0 radical (unpaired) electrons. The average molecular weight is 281 g/mol. The number of methoxy groups -OCH3 is 2. The third kappa shape index (κ3) is 2.90. The summed E-state index contributed by atoms with van der Waals surface area (Å²) in [5.41, 5.74) is 5.24. The SMILES string of the molecule is COc1cc(OC)cc(Oc2cc(F)cc(F)c2N)c1. The number of ether oxygens (including phenoxy) is 3. The maximum atomic E-state index is 13.3. The monoisotopic (exact) mass is 281 g/mol. The minimum Gasteiger partial charge on any atom is -0.496 e. The molecule has 0 aliphatic heterocycles. The Morgan fingerprint density at radius 1 is 0.850 bits per heavy atom. The van der Waals surface area contributed by atoms with Crippen molar-refractivity contribution in [3.05, 3.63) is 42.0 Å². The van der Waals surface area contributed by atoms with Gasteiger partial charge >= 0.3 is 0 Å². The Labute approximate surface area is 114 Å². The number of anilines is 1. The summed E-state index contributed by atoms with van der Waals surface area (Å²) in [6.07, 6.45) is 0. The first-order valence-electron chi connectivity index (χ1n) is 5.69. The quantitative estimate of drug-likeness (QED) is 0.873. The van der Waals surface area contributed by atoms with E-state index in [-0.39, 0.29) is 17.2 Å². The molecule has 0 amide bonds. The second-order valence-corrected chi connectivity index (χ2v) is 3.95. The fraction of sp³-hybridized carbons (Fsp3) is 0.143. The van der Waals surface area contributed by atoms with Crippen molar-refractivity contribution in [3.63, 3.8) is 0 Å². The summed E-state index contributed by atoms with van der Waals surface area (Å²) in [6, 6.07) is 6.43. The Morgan fingerprint density at radius 3 is 1.95 bits per heavy atom. The molecule has 0 unspecified atom stereocenters. The Hall–Kier alpha value is -2.50. The van der Waals surface area contributed by atoms with E-state index in [1.807, 2.05) is 0 Å². The smallest absolute Gasteiger partial charge is 0.156 e. The molecule has 0 fully saturated rings. The normalized spacial score (nSPS) is 10.2. The zero-order valence-electron chi connectivity index (χ0n) is 10.9. The molecule has 0 aromatic heterocycles. The minimum absolute atomic E-state index is 0.113. The highest BCUT2D eigenvalue weighted by Crippen LogP contribution is 2.34. The van der Waals surface area contributed by atoms with Crippen LogP contribution in [0.5, 0.6) is 23.0 Å². The number of rotatable bonds is 4. The maximum absolute atomic E-state index is 13.3. The van der Waals surface area contributed by atoms with E-state index in [1.165, 1.54) is 14.2 Å². The predicted molar refractivity (Wildman–Crippen MR) is 70.4 cm³/mol. The van der Waals surface area contributed by atoms with Crippen LogP contribution in [0.1, 0.15) is 0 Å². The Balaban J connectivity index is 2.39. The fourth-order valence-corrected chi connectivity index (χ4v) is 1.61. The Morgan fingerprint density at radius 2 is 1.40 bits per heavy atom. The number of benzene rings is 2. The number of hydrogen-bond donors (Lipinski definition) is 1. The molecule has 106 valence electrons. The van der Waals surface area contributed by atoms with Gasteiger partial charge in [-0.2, -0.15) is 0 Å². The molecule has 0 aliphatic carbocycles. The number of hydrogen-bond acceptors (Lipinski definition) is 4. The molecule has 0 heterocycles. The van der Waals surface area contributed by atoms with Crippen LogP contribution in [0.3, 0.4) is 0 Å². The van der Waals surface area contributed by atoms with Gasteiger partial charge in [0.25, 0.3) is 0 Å². The van der Waals surface area contributed by atoms with E-state index in [0.29, 0.717) is 17.6 Å². The summed E-state index contributed by atoms with van der Waals surface area (Å²) in [6.45, 7) is 0. The van der Waals surface area contributed by atoms with Gasteiger partial charge in [0.15, 0.2) is 11.6 Å². The molecule has 0 bridgehead atoms. The van der Waals surface area contributed by atoms with Crippen molar-refractivity contribution in [1.82, 2.24) is 0 Å². The lowest BCUT2D eigenvalue weighted by Crippen LogP contribution is -1.97. The fourth-order valence-electron chi connectivity index (χ4n) is 1.61. The van der Waals surface area contributed by atoms with Crippen LogP contribution in [0.2, 0.25) is 0 Å². The first-order valence-corrected chi connectivity index (χ1v) is 5.69. The van der Waals surface area contributed by atoms with E-state index in [0.717, 1.165) is 6.07 Å². The van der Waals surface area contributed by atoms with Crippen LogP contribution >= 0.6 is 0 Å². The maximum Gasteiger partial charge on any atom is 0.156 e. The van der Waals surface area contributed by atoms with Crippen molar-refractivity contribution in [2.75, 3.05) is 20.0 Å². The molecule has 0 atom stereocenters. The van der Waals surface area contributed by atoms with Gasteiger partial charge in [-0.15, -0.1) is 0 Å². The topological polar surface area (TPSA) is 53.7 Å². The van der Waals surface area contributed by atoms with Crippen LogP contribution in [0.4, 0.5) is 14.5 Å². The summed E-state index contributed by atoms with van der Waals surface area (Å²) in [7, 11) is 2.96. The molecule has 0 saturated carbocycles. The highest BCUT2D eigenvalue weighted by atomic mass is 19.1. The molecular weight excluding hydrogens is 268 g/mol. The summed E-state index contributed by atoms with van der Waals surface area (Å²) >= 11 is 0. The van der Waals surface area contributed by atoms with Crippen molar-refractivity contribution in [2.45, 2.75) is 0 Å². The standard InChI is InChI=1S/C14H13F2NO3/c1-18-9-5-10(19-2)7-11(6-9)20-13-4-8(15)3-12(16)14(13)17/h3-7H,17H2,1-2H3. The van der Waals surface area contributed by atoms with Crippen molar-refractivity contribution in [1.29, 1.82) is 0 Å². The van der Waals surface area contributed by atoms with Crippen molar-refractivity contribution in [3.8, 4) is 23.0 Å². The number of nitrogen functional groups attached to an aromatic ring is 1. The molecule has 2 N–H and O–H groups in total. The van der Waals surface area contributed by atoms with Gasteiger partial charge in [0.1, 0.15) is 28.8 Å². The van der Waals surface area contributed by atoms with Gasteiger partial charge in [0.2, 0.25) is 0 Å². The summed E-state index contributed by atoms with van der Waals surface area (Å²) in [5.74, 6) is -0.517. The van der Waals surface area contributed by atoms with E-state index in [9.17, 15) is 8.78 Å². The predicted octanol–water partition coefficient (Wildman–Crippen LogP) is 3.36. The van der Waals surface area contributed by atoms with Crippen LogP contribution in [0.15, 0.2) is 30.3 Å². The highest BCUT2D eigenvalue weighted by Gasteiger charge is 2.11. The van der Waals surface area contributed by atoms with E-state index in [2.05, 4.69) is 0 Å². The largest absolute Gasteiger partial charge is 0.496 e. The first-order chi connectivity index (χ1) is 9.53. The lowest BCUT2D eigenvalue weighted by molar-refractivity contribution is 0.386. The Bertz CT molecular complexity index is 610. The van der Waals surface area contributed by atoms with Gasteiger partial charge in [-0.05, 0) is 0 Å². The third-order valence-corrected chi connectivity index (χ3v) is 2.61. The summed E-state index contributed by atoms with van der Waals surface area (Å²) < 4.78 is 42.1.